The summed E-state index contributed by atoms with van der Waals surface area (Å²) in [5.74, 6) is 1.14. The van der Waals surface area contributed by atoms with Gasteiger partial charge in [0.05, 0.1) is 12.5 Å². The number of fused-ring (bicyclic) bond motifs is 5. The van der Waals surface area contributed by atoms with Gasteiger partial charge in [0, 0.05) is 30.9 Å². The summed E-state index contributed by atoms with van der Waals surface area (Å²) in [5, 5.41) is 11.5. The number of nitrogens with zero attached hydrogens (tertiary/aromatic N) is 2. The molecule has 0 saturated carbocycles. The number of halogens is 1. The molecule has 5 rings (SSSR count). The molecule has 7 nitrogen and oxygen atoms in total. The van der Waals surface area contributed by atoms with Gasteiger partial charge >= 0.3 is 0 Å². The summed E-state index contributed by atoms with van der Waals surface area (Å²) < 4.78 is 5.29. The number of amides is 2. The highest BCUT2D eigenvalue weighted by Gasteiger charge is 2.47. The van der Waals surface area contributed by atoms with Crippen molar-refractivity contribution < 1.29 is 14.1 Å². The number of benzene rings is 1. The van der Waals surface area contributed by atoms with E-state index < -0.39 is 0 Å². The highest BCUT2D eigenvalue weighted by molar-refractivity contribution is 5.86. The molecule has 3 aliphatic heterocycles. The maximum atomic E-state index is 12.7. The van der Waals surface area contributed by atoms with Crippen LogP contribution in [0.15, 0.2) is 28.8 Å². The fraction of sp³-hybridized carbons (Fsp3) is 0.571. The molecule has 3 saturated heterocycles. The average molecular weight is 419 g/mol. The minimum absolute atomic E-state index is 0. The van der Waals surface area contributed by atoms with E-state index >= 15 is 0 Å². The number of rotatable bonds is 4. The maximum absolute atomic E-state index is 12.7. The second kappa shape index (κ2) is 8.32. The van der Waals surface area contributed by atoms with Crippen LogP contribution < -0.4 is 10.6 Å². The van der Waals surface area contributed by atoms with Gasteiger partial charge in [0.25, 0.3) is 0 Å². The molecule has 0 unspecified atom stereocenters. The van der Waals surface area contributed by atoms with Crippen molar-refractivity contribution in [3.05, 3.63) is 30.0 Å². The van der Waals surface area contributed by atoms with E-state index in [1.165, 1.54) is 0 Å². The SMILES string of the molecule is Cl.O=C(Cc1noc2ccccc12)NC[C@H]1[C@@H]2CNC[C@@H](C2)[C@@H]2CCCC(=O)N21. The summed E-state index contributed by atoms with van der Waals surface area (Å²) in [7, 11) is 0. The van der Waals surface area contributed by atoms with E-state index in [4.69, 9.17) is 4.52 Å². The second-order valence-electron chi connectivity index (χ2n) is 8.35. The summed E-state index contributed by atoms with van der Waals surface area (Å²) in [6.45, 7) is 2.43. The lowest BCUT2D eigenvalue weighted by Gasteiger charge is -2.54. The van der Waals surface area contributed by atoms with Crippen molar-refractivity contribution in [3.63, 3.8) is 0 Å². The first kappa shape index (κ1) is 20.2. The van der Waals surface area contributed by atoms with Gasteiger partial charge < -0.3 is 20.1 Å². The molecule has 4 atom stereocenters. The topological polar surface area (TPSA) is 87.5 Å². The Bertz CT molecular complexity index is 901. The minimum Gasteiger partial charge on any atom is -0.356 e. The van der Waals surface area contributed by atoms with Crippen LogP contribution in [0.5, 0.6) is 0 Å². The van der Waals surface area contributed by atoms with Crippen LogP contribution >= 0.6 is 12.4 Å². The molecule has 1 aromatic heterocycles. The molecule has 0 spiro atoms. The van der Waals surface area contributed by atoms with Crippen LogP contribution in [0.25, 0.3) is 11.0 Å². The number of hydrogen-bond donors (Lipinski definition) is 2. The Labute approximate surface area is 176 Å². The fourth-order valence-corrected chi connectivity index (χ4v) is 5.40. The zero-order valence-corrected chi connectivity index (χ0v) is 17.1. The van der Waals surface area contributed by atoms with E-state index in [2.05, 4.69) is 20.7 Å². The van der Waals surface area contributed by atoms with E-state index in [0.29, 0.717) is 42.1 Å². The van der Waals surface area contributed by atoms with Crippen molar-refractivity contribution in [3.8, 4) is 0 Å². The predicted octanol–water partition coefficient (Wildman–Crippen LogP) is 1.90. The highest BCUT2D eigenvalue weighted by Crippen LogP contribution is 2.39. The van der Waals surface area contributed by atoms with E-state index in [9.17, 15) is 9.59 Å². The van der Waals surface area contributed by atoms with Gasteiger partial charge in [-0.15, -0.1) is 12.4 Å². The first-order valence-electron chi connectivity index (χ1n) is 10.3. The fourth-order valence-electron chi connectivity index (χ4n) is 5.40. The average Bonchev–Trinajstić information content (AvgIpc) is 3.11. The molecule has 156 valence electrons. The lowest BCUT2D eigenvalue weighted by Crippen LogP contribution is -2.66. The summed E-state index contributed by atoms with van der Waals surface area (Å²) in [4.78, 5) is 27.4. The molecule has 8 heteroatoms. The third-order valence-electron chi connectivity index (χ3n) is 6.69. The Morgan fingerprint density at radius 3 is 3.00 bits per heavy atom. The van der Waals surface area contributed by atoms with Crippen LogP contribution in [0, 0.1) is 11.8 Å². The Hall–Kier alpha value is -2.12. The van der Waals surface area contributed by atoms with Crippen molar-refractivity contribution >= 4 is 35.2 Å². The number of para-hydroxylation sites is 1. The monoisotopic (exact) mass is 418 g/mol. The van der Waals surface area contributed by atoms with Crippen LogP contribution in [0.1, 0.15) is 31.4 Å². The van der Waals surface area contributed by atoms with Gasteiger partial charge in [0.1, 0.15) is 5.69 Å². The van der Waals surface area contributed by atoms with Crippen molar-refractivity contribution in [1.29, 1.82) is 0 Å². The first-order chi connectivity index (χ1) is 13.7. The smallest absolute Gasteiger partial charge is 0.226 e. The van der Waals surface area contributed by atoms with Gasteiger partial charge in [-0.1, -0.05) is 17.3 Å². The van der Waals surface area contributed by atoms with Gasteiger partial charge in [-0.25, -0.2) is 0 Å². The molecule has 1 aromatic carbocycles. The van der Waals surface area contributed by atoms with Crippen molar-refractivity contribution in [2.24, 2.45) is 11.8 Å². The number of aromatic nitrogens is 1. The number of piperidine rings is 3. The van der Waals surface area contributed by atoms with Crippen LogP contribution in [-0.4, -0.2) is 53.6 Å². The Kier molecular flexibility index (Phi) is 5.79. The Morgan fingerprint density at radius 1 is 1.28 bits per heavy atom. The summed E-state index contributed by atoms with van der Waals surface area (Å²) in [6.07, 6.45) is 4.04. The lowest BCUT2D eigenvalue weighted by atomic mass is 9.72. The van der Waals surface area contributed by atoms with Crippen LogP contribution in [0.2, 0.25) is 0 Å². The van der Waals surface area contributed by atoms with Crippen LogP contribution in [0.3, 0.4) is 0 Å². The zero-order chi connectivity index (χ0) is 19.1. The van der Waals surface area contributed by atoms with Crippen molar-refractivity contribution in [1.82, 2.24) is 20.7 Å². The second-order valence-corrected chi connectivity index (χ2v) is 8.35. The van der Waals surface area contributed by atoms with E-state index in [1.54, 1.807) is 0 Å². The Balaban J connectivity index is 0.00000205. The van der Waals surface area contributed by atoms with E-state index in [0.717, 1.165) is 37.7 Å². The normalized spacial score (nSPS) is 28.6. The standard InChI is InChI=1S/C21H26N4O3.ClH/c26-20(9-16-15-4-1-2-6-19(15)28-24-16)23-12-18-14-8-13(10-22-11-14)17-5-3-7-21(27)25(17)18;/h1-2,4,6,13-14,17-18,22H,3,5,7-12H2,(H,23,26);1H/t13-,14+,17+,18+;/m1./s1. The van der Waals surface area contributed by atoms with Crippen LogP contribution in [-0.2, 0) is 16.0 Å². The van der Waals surface area contributed by atoms with Gasteiger partial charge in [-0.3, -0.25) is 9.59 Å². The molecule has 0 radical (unpaired) electrons. The molecular weight excluding hydrogens is 392 g/mol. The lowest BCUT2D eigenvalue weighted by molar-refractivity contribution is -0.149. The number of carbonyl (C=O) groups excluding carboxylic acids is 2. The number of nitrogens with one attached hydrogen (secondary N) is 2. The van der Waals surface area contributed by atoms with E-state index in [-0.39, 0.29) is 36.7 Å². The number of carbonyl (C=O) groups is 2. The molecule has 2 amide bonds. The predicted molar refractivity (Wildman–Crippen MR) is 111 cm³/mol. The van der Waals surface area contributed by atoms with Crippen molar-refractivity contribution in [2.75, 3.05) is 19.6 Å². The Morgan fingerprint density at radius 2 is 2.10 bits per heavy atom. The summed E-state index contributed by atoms with van der Waals surface area (Å²) >= 11 is 0. The zero-order valence-electron chi connectivity index (χ0n) is 16.3. The molecule has 29 heavy (non-hydrogen) atoms. The molecule has 0 aliphatic carbocycles. The third-order valence-corrected chi connectivity index (χ3v) is 6.69. The van der Waals surface area contributed by atoms with Gasteiger partial charge in [-0.05, 0) is 49.8 Å². The molecule has 2 bridgehead atoms. The molecule has 2 aromatic rings. The van der Waals surface area contributed by atoms with Gasteiger partial charge in [-0.2, -0.15) is 0 Å². The summed E-state index contributed by atoms with van der Waals surface area (Å²) in [5.41, 5.74) is 1.35. The quantitative estimate of drug-likeness (QED) is 0.791. The van der Waals surface area contributed by atoms with Gasteiger partial charge in [0.15, 0.2) is 5.58 Å². The number of hydrogen-bond acceptors (Lipinski definition) is 5. The molecule has 3 aliphatic rings. The molecule has 3 fully saturated rings. The molecule has 2 N–H and O–H groups in total. The first-order valence-corrected chi connectivity index (χ1v) is 10.3. The third kappa shape index (κ3) is 3.73. The minimum atomic E-state index is -0.0778. The van der Waals surface area contributed by atoms with Crippen LogP contribution in [0.4, 0.5) is 0 Å². The largest absolute Gasteiger partial charge is 0.356 e. The highest BCUT2D eigenvalue weighted by atomic mass is 35.5. The maximum Gasteiger partial charge on any atom is 0.226 e. The van der Waals surface area contributed by atoms with Crippen molar-refractivity contribution in [2.45, 2.75) is 44.2 Å². The molecular formula is C21H27ClN4O3. The van der Waals surface area contributed by atoms with E-state index in [1.807, 2.05) is 24.3 Å². The summed E-state index contributed by atoms with van der Waals surface area (Å²) in [6, 6.07) is 7.97. The molecule has 4 heterocycles. The van der Waals surface area contributed by atoms with Gasteiger partial charge in [0.2, 0.25) is 11.8 Å².